The molecule has 2 aromatic heterocycles. The molecule has 0 unspecified atom stereocenters. The first kappa shape index (κ1) is 22.3. The number of benzene rings is 1. The van der Waals surface area contributed by atoms with Crippen LogP contribution in [0.15, 0.2) is 28.9 Å². The fourth-order valence-corrected chi connectivity index (χ4v) is 3.83. The number of rotatable bonds is 6. The number of carbonyl (C=O) groups excluding carboxylic acids is 2. The number of hydrogen-bond acceptors (Lipinski definition) is 8. The van der Waals surface area contributed by atoms with Gasteiger partial charge in [-0.15, -0.1) is 5.10 Å². The number of amides is 1. The summed E-state index contributed by atoms with van der Waals surface area (Å²) >= 11 is 12.5. The molecule has 0 radical (unpaired) electrons. The molecule has 3 heterocycles. The maximum absolute atomic E-state index is 12.8. The summed E-state index contributed by atoms with van der Waals surface area (Å²) in [4.78, 5) is 26.8. The van der Waals surface area contributed by atoms with Gasteiger partial charge in [0.25, 0.3) is 0 Å². The normalized spacial score (nSPS) is 13.9. The van der Waals surface area contributed by atoms with Gasteiger partial charge in [0, 0.05) is 18.7 Å². The second-order valence-electron chi connectivity index (χ2n) is 7.04. The van der Waals surface area contributed by atoms with Crippen molar-refractivity contribution in [1.29, 1.82) is 0 Å². The highest BCUT2D eigenvalue weighted by atomic mass is 35.5. The van der Waals surface area contributed by atoms with Crippen LogP contribution in [0.1, 0.15) is 21.8 Å². The second-order valence-corrected chi connectivity index (χ2v) is 7.85. The van der Waals surface area contributed by atoms with Crippen molar-refractivity contribution in [3.8, 4) is 11.3 Å². The van der Waals surface area contributed by atoms with E-state index in [1.54, 1.807) is 36.2 Å². The molecular formula is C20H19Cl2N5O5. The average molecular weight is 480 g/mol. The van der Waals surface area contributed by atoms with Crippen molar-refractivity contribution in [2.45, 2.75) is 20.1 Å². The highest BCUT2D eigenvalue weighted by Gasteiger charge is 2.26. The number of halogens is 2. The number of nitrogens with zero attached hydrogens (tertiary/aromatic N) is 5. The van der Waals surface area contributed by atoms with Gasteiger partial charge in [-0.2, -0.15) is 0 Å². The Morgan fingerprint density at radius 3 is 2.62 bits per heavy atom. The molecule has 0 aliphatic carbocycles. The monoisotopic (exact) mass is 479 g/mol. The highest BCUT2D eigenvalue weighted by Crippen LogP contribution is 2.37. The van der Waals surface area contributed by atoms with Gasteiger partial charge < -0.3 is 18.9 Å². The van der Waals surface area contributed by atoms with E-state index < -0.39 is 5.97 Å². The molecular weight excluding hydrogens is 461 g/mol. The number of carbonyl (C=O) groups is 2. The molecule has 4 rings (SSSR count). The van der Waals surface area contributed by atoms with Crippen LogP contribution in [0.3, 0.4) is 0 Å². The standard InChI is InChI=1S/C20H19Cl2N5O5/c1-12-17(19(24-32-12)18-14(21)3-2-4-15(18)22)20(29)31-11-13-9-27(25-23-13)10-16(28)26-5-7-30-8-6-26/h2-4,9H,5-8,10-11H2,1H3. The molecule has 1 aliphatic rings. The van der Waals surface area contributed by atoms with Gasteiger partial charge in [0.15, 0.2) is 0 Å². The highest BCUT2D eigenvalue weighted by molar-refractivity contribution is 6.39. The molecule has 1 fully saturated rings. The lowest BCUT2D eigenvalue weighted by Crippen LogP contribution is -2.42. The Bertz CT molecular complexity index is 1120. The molecule has 1 amide bonds. The molecule has 1 saturated heterocycles. The van der Waals surface area contributed by atoms with E-state index in [2.05, 4.69) is 15.5 Å². The van der Waals surface area contributed by atoms with E-state index >= 15 is 0 Å². The molecule has 0 spiro atoms. The molecule has 0 N–H and O–H groups in total. The Morgan fingerprint density at radius 1 is 1.19 bits per heavy atom. The number of aryl methyl sites for hydroxylation is 1. The van der Waals surface area contributed by atoms with E-state index in [0.717, 1.165) is 0 Å². The first-order chi connectivity index (χ1) is 15.4. The molecule has 168 valence electrons. The summed E-state index contributed by atoms with van der Waals surface area (Å²) in [5.41, 5.74) is 1.09. The SMILES string of the molecule is Cc1onc(-c2c(Cl)cccc2Cl)c1C(=O)OCc1cn(CC(=O)N2CCOCC2)nn1. The Hall–Kier alpha value is -2.95. The third kappa shape index (κ3) is 4.77. The van der Waals surface area contributed by atoms with Crippen LogP contribution in [0.2, 0.25) is 10.0 Å². The van der Waals surface area contributed by atoms with Gasteiger partial charge in [0.1, 0.15) is 35.9 Å². The summed E-state index contributed by atoms with van der Waals surface area (Å²) in [6.45, 7) is 3.63. The largest absolute Gasteiger partial charge is 0.455 e. The minimum Gasteiger partial charge on any atom is -0.455 e. The number of esters is 1. The molecule has 0 bridgehead atoms. The first-order valence-corrected chi connectivity index (χ1v) is 10.5. The Kier molecular flexibility index (Phi) is 6.73. The van der Waals surface area contributed by atoms with Crippen LogP contribution in [0.5, 0.6) is 0 Å². The maximum Gasteiger partial charge on any atom is 0.344 e. The van der Waals surface area contributed by atoms with Crippen LogP contribution < -0.4 is 0 Å². The van der Waals surface area contributed by atoms with Crippen LogP contribution in [0, 0.1) is 6.92 Å². The van der Waals surface area contributed by atoms with Crippen molar-refractivity contribution in [3.63, 3.8) is 0 Å². The average Bonchev–Trinajstić information content (AvgIpc) is 3.39. The van der Waals surface area contributed by atoms with E-state index in [-0.39, 0.29) is 36.1 Å². The Morgan fingerprint density at radius 2 is 1.91 bits per heavy atom. The van der Waals surface area contributed by atoms with Crippen molar-refractivity contribution >= 4 is 35.1 Å². The van der Waals surface area contributed by atoms with Gasteiger partial charge in [-0.05, 0) is 19.1 Å². The third-order valence-electron chi connectivity index (χ3n) is 4.86. The quantitative estimate of drug-likeness (QED) is 0.495. The zero-order chi connectivity index (χ0) is 22.7. The summed E-state index contributed by atoms with van der Waals surface area (Å²) in [5.74, 6) is -0.488. The predicted octanol–water partition coefficient (Wildman–Crippen LogP) is 2.76. The maximum atomic E-state index is 12.8. The fraction of sp³-hybridized carbons (Fsp3) is 0.350. The summed E-state index contributed by atoms with van der Waals surface area (Å²) < 4.78 is 17.2. The molecule has 3 aromatic rings. The zero-order valence-corrected chi connectivity index (χ0v) is 18.6. The lowest BCUT2D eigenvalue weighted by molar-refractivity contribution is -0.136. The molecule has 12 heteroatoms. The van der Waals surface area contributed by atoms with E-state index in [4.69, 9.17) is 37.2 Å². The van der Waals surface area contributed by atoms with Crippen molar-refractivity contribution in [2.24, 2.45) is 0 Å². The molecule has 10 nitrogen and oxygen atoms in total. The topological polar surface area (TPSA) is 113 Å². The van der Waals surface area contributed by atoms with Crippen LogP contribution in [-0.4, -0.2) is 63.2 Å². The Balaban J connectivity index is 1.42. The van der Waals surface area contributed by atoms with Gasteiger partial charge in [0.05, 0.1) is 29.5 Å². The molecule has 0 saturated carbocycles. The van der Waals surface area contributed by atoms with Gasteiger partial charge in [-0.3, -0.25) is 4.79 Å². The smallest absolute Gasteiger partial charge is 0.344 e. The summed E-state index contributed by atoms with van der Waals surface area (Å²) in [6.07, 6.45) is 1.55. The van der Waals surface area contributed by atoms with E-state index in [1.165, 1.54) is 4.68 Å². The van der Waals surface area contributed by atoms with Crippen molar-refractivity contribution in [3.05, 3.63) is 51.5 Å². The van der Waals surface area contributed by atoms with Crippen molar-refractivity contribution in [1.82, 2.24) is 25.1 Å². The van der Waals surface area contributed by atoms with E-state index in [9.17, 15) is 9.59 Å². The van der Waals surface area contributed by atoms with Gasteiger partial charge in [0.2, 0.25) is 5.91 Å². The van der Waals surface area contributed by atoms with Crippen LogP contribution in [0.25, 0.3) is 11.3 Å². The van der Waals surface area contributed by atoms with Crippen molar-refractivity contribution in [2.75, 3.05) is 26.3 Å². The number of ether oxygens (including phenoxy) is 2. The summed E-state index contributed by atoms with van der Waals surface area (Å²) in [6, 6.07) is 4.96. The van der Waals surface area contributed by atoms with E-state index in [1.807, 2.05) is 0 Å². The fourth-order valence-electron chi connectivity index (χ4n) is 3.25. The Labute approximate surface area is 193 Å². The van der Waals surface area contributed by atoms with Crippen LogP contribution in [0.4, 0.5) is 0 Å². The molecule has 32 heavy (non-hydrogen) atoms. The number of morpholine rings is 1. The van der Waals surface area contributed by atoms with Crippen molar-refractivity contribution < 1.29 is 23.6 Å². The third-order valence-corrected chi connectivity index (χ3v) is 5.49. The predicted molar refractivity (Wildman–Crippen MR) is 113 cm³/mol. The second kappa shape index (κ2) is 9.68. The van der Waals surface area contributed by atoms with Gasteiger partial charge >= 0.3 is 5.97 Å². The number of aromatic nitrogens is 4. The minimum absolute atomic E-state index is 0.0425. The van der Waals surface area contributed by atoms with Crippen LogP contribution >= 0.6 is 23.2 Å². The lowest BCUT2D eigenvalue weighted by Gasteiger charge is -2.26. The molecule has 1 aromatic carbocycles. The van der Waals surface area contributed by atoms with Gasteiger partial charge in [-0.25, -0.2) is 9.48 Å². The molecule has 1 aliphatic heterocycles. The first-order valence-electron chi connectivity index (χ1n) is 9.76. The minimum atomic E-state index is -0.673. The van der Waals surface area contributed by atoms with Crippen LogP contribution in [-0.2, 0) is 27.4 Å². The van der Waals surface area contributed by atoms with Gasteiger partial charge in [-0.1, -0.05) is 39.6 Å². The van der Waals surface area contributed by atoms with E-state index in [0.29, 0.717) is 47.6 Å². The summed E-state index contributed by atoms with van der Waals surface area (Å²) in [5, 5.41) is 12.5. The summed E-state index contributed by atoms with van der Waals surface area (Å²) in [7, 11) is 0. The lowest BCUT2D eigenvalue weighted by atomic mass is 10.1. The zero-order valence-electron chi connectivity index (χ0n) is 17.1. The number of hydrogen-bond donors (Lipinski definition) is 0. The molecule has 0 atom stereocenters.